The lowest BCUT2D eigenvalue weighted by Crippen LogP contribution is -2.03. The highest BCUT2D eigenvalue weighted by Gasteiger charge is 2.11. The van der Waals surface area contributed by atoms with E-state index in [-0.39, 0.29) is 0 Å². The molecule has 0 radical (unpaired) electrons. The number of ether oxygens (including phenoxy) is 2. The molecule has 0 spiro atoms. The van der Waals surface area contributed by atoms with Gasteiger partial charge >= 0.3 is 0 Å². The number of para-hydroxylation sites is 1. The molecule has 19 heavy (non-hydrogen) atoms. The number of nitrogens with zero attached hydrogens (tertiary/aromatic N) is 1. The monoisotopic (exact) mass is 257 g/mol. The Morgan fingerprint density at radius 3 is 2.79 bits per heavy atom. The molecule has 0 aliphatic carbocycles. The van der Waals surface area contributed by atoms with Crippen LogP contribution in [0.1, 0.15) is 21.6 Å². The molecule has 1 aromatic carbocycles. The van der Waals surface area contributed by atoms with E-state index in [4.69, 9.17) is 9.47 Å². The maximum atomic E-state index is 11.0. The number of pyridine rings is 1. The van der Waals surface area contributed by atoms with Crippen molar-refractivity contribution in [2.45, 2.75) is 13.5 Å². The average molecular weight is 257 g/mol. The van der Waals surface area contributed by atoms with Crippen LogP contribution in [0.2, 0.25) is 0 Å². The van der Waals surface area contributed by atoms with Crippen LogP contribution in [0.4, 0.5) is 0 Å². The summed E-state index contributed by atoms with van der Waals surface area (Å²) in [4.78, 5) is 15.3. The third kappa shape index (κ3) is 2.91. The summed E-state index contributed by atoms with van der Waals surface area (Å²) in [5, 5.41) is 0. The molecule has 1 aromatic heterocycles. The van der Waals surface area contributed by atoms with Gasteiger partial charge in [-0.05, 0) is 30.7 Å². The number of rotatable bonds is 5. The lowest BCUT2D eigenvalue weighted by atomic mass is 10.2. The molecule has 0 aliphatic rings. The zero-order valence-electron chi connectivity index (χ0n) is 10.9. The van der Waals surface area contributed by atoms with E-state index >= 15 is 0 Å². The minimum absolute atomic E-state index is 0.299. The zero-order chi connectivity index (χ0) is 13.7. The van der Waals surface area contributed by atoms with E-state index in [1.807, 2.05) is 19.1 Å². The summed E-state index contributed by atoms with van der Waals surface area (Å²) in [5.74, 6) is 0.989. The van der Waals surface area contributed by atoms with Gasteiger partial charge in [-0.15, -0.1) is 0 Å². The van der Waals surface area contributed by atoms with Crippen LogP contribution in [0.25, 0.3) is 0 Å². The summed E-state index contributed by atoms with van der Waals surface area (Å²) >= 11 is 0. The van der Waals surface area contributed by atoms with Gasteiger partial charge in [-0.1, -0.05) is 12.1 Å². The molecule has 1 heterocycles. The SMILES string of the molecule is COc1cccc(C=O)c1OCc1ncccc1C. The molecule has 98 valence electrons. The van der Waals surface area contributed by atoms with E-state index in [0.717, 1.165) is 17.5 Å². The van der Waals surface area contributed by atoms with Crippen molar-refractivity contribution >= 4 is 6.29 Å². The van der Waals surface area contributed by atoms with Crippen LogP contribution in [0.5, 0.6) is 11.5 Å². The second-order valence-electron chi connectivity index (χ2n) is 4.05. The van der Waals surface area contributed by atoms with Crippen LogP contribution in [0, 0.1) is 6.92 Å². The Bertz CT molecular complexity index is 581. The molecule has 0 atom stereocenters. The number of carbonyl (C=O) groups excluding carboxylic acids is 1. The van der Waals surface area contributed by atoms with E-state index in [2.05, 4.69) is 4.98 Å². The van der Waals surface area contributed by atoms with Crippen molar-refractivity contribution in [3.63, 3.8) is 0 Å². The minimum Gasteiger partial charge on any atom is -0.493 e. The quantitative estimate of drug-likeness (QED) is 0.773. The highest BCUT2D eigenvalue weighted by Crippen LogP contribution is 2.30. The second-order valence-corrected chi connectivity index (χ2v) is 4.05. The number of methoxy groups -OCH3 is 1. The average Bonchev–Trinajstić information content (AvgIpc) is 2.46. The fourth-order valence-corrected chi connectivity index (χ4v) is 1.75. The Kier molecular flexibility index (Phi) is 4.13. The number of aldehydes is 1. The first-order valence-electron chi connectivity index (χ1n) is 5.91. The first-order chi connectivity index (χ1) is 9.26. The lowest BCUT2D eigenvalue weighted by molar-refractivity contribution is 0.111. The van der Waals surface area contributed by atoms with Crippen molar-refractivity contribution in [3.8, 4) is 11.5 Å². The molecule has 4 heteroatoms. The smallest absolute Gasteiger partial charge is 0.172 e. The maximum Gasteiger partial charge on any atom is 0.172 e. The van der Waals surface area contributed by atoms with Crippen LogP contribution in [0.15, 0.2) is 36.5 Å². The van der Waals surface area contributed by atoms with Crippen molar-refractivity contribution in [2.75, 3.05) is 7.11 Å². The highest BCUT2D eigenvalue weighted by atomic mass is 16.5. The van der Waals surface area contributed by atoms with Crippen molar-refractivity contribution in [2.24, 2.45) is 0 Å². The Morgan fingerprint density at radius 2 is 2.11 bits per heavy atom. The fourth-order valence-electron chi connectivity index (χ4n) is 1.75. The highest BCUT2D eigenvalue weighted by molar-refractivity contribution is 5.81. The van der Waals surface area contributed by atoms with Crippen LogP contribution >= 0.6 is 0 Å². The van der Waals surface area contributed by atoms with Crippen molar-refractivity contribution < 1.29 is 14.3 Å². The van der Waals surface area contributed by atoms with Crippen LogP contribution in [-0.4, -0.2) is 18.4 Å². The largest absolute Gasteiger partial charge is 0.493 e. The molecule has 0 unspecified atom stereocenters. The molecule has 0 fully saturated rings. The van der Waals surface area contributed by atoms with Gasteiger partial charge in [0.2, 0.25) is 0 Å². The fraction of sp³-hybridized carbons (Fsp3) is 0.200. The summed E-state index contributed by atoms with van der Waals surface area (Å²) in [5.41, 5.74) is 2.35. The number of aromatic nitrogens is 1. The number of carbonyl (C=O) groups is 1. The summed E-state index contributed by atoms with van der Waals surface area (Å²) in [6.45, 7) is 2.27. The maximum absolute atomic E-state index is 11.0. The van der Waals surface area contributed by atoms with Crippen molar-refractivity contribution in [1.82, 2.24) is 4.98 Å². The molecule has 0 saturated heterocycles. The van der Waals surface area contributed by atoms with E-state index in [9.17, 15) is 4.79 Å². The predicted octanol–water partition coefficient (Wildman–Crippen LogP) is 2.79. The zero-order valence-corrected chi connectivity index (χ0v) is 10.9. The number of hydrogen-bond donors (Lipinski definition) is 0. The van der Waals surface area contributed by atoms with Crippen molar-refractivity contribution in [1.29, 1.82) is 0 Å². The van der Waals surface area contributed by atoms with Gasteiger partial charge in [0.1, 0.15) is 6.61 Å². The normalized spacial score (nSPS) is 10.0. The van der Waals surface area contributed by atoms with Gasteiger partial charge < -0.3 is 9.47 Å². The number of aryl methyl sites for hydroxylation is 1. The third-order valence-electron chi connectivity index (χ3n) is 2.83. The van der Waals surface area contributed by atoms with Gasteiger partial charge in [-0.3, -0.25) is 9.78 Å². The molecule has 2 rings (SSSR count). The van der Waals surface area contributed by atoms with Gasteiger partial charge in [0.05, 0.1) is 18.4 Å². The number of benzene rings is 1. The number of hydrogen-bond acceptors (Lipinski definition) is 4. The standard InChI is InChI=1S/C15H15NO3/c1-11-5-4-8-16-13(11)10-19-15-12(9-17)6-3-7-14(15)18-2/h3-9H,10H2,1-2H3. The van der Waals surface area contributed by atoms with Gasteiger partial charge in [-0.2, -0.15) is 0 Å². The molecule has 0 amide bonds. The molecule has 0 saturated carbocycles. The summed E-state index contributed by atoms with van der Waals surface area (Å²) in [6, 6.07) is 9.04. The molecular weight excluding hydrogens is 242 g/mol. The first-order valence-corrected chi connectivity index (χ1v) is 5.91. The van der Waals surface area contributed by atoms with Crippen molar-refractivity contribution in [3.05, 3.63) is 53.3 Å². The molecule has 0 aliphatic heterocycles. The van der Waals surface area contributed by atoms with Gasteiger partial charge in [0, 0.05) is 6.20 Å². The van der Waals surface area contributed by atoms with E-state index < -0.39 is 0 Å². The topological polar surface area (TPSA) is 48.4 Å². The van der Waals surface area contributed by atoms with E-state index in [1.54, 1.807) is 31.5 Å². The summed E-state index contributed by atoms with van der Waals surface area (Å²) in [6.07, 6.45) is 2.47. The Hall–Kier alpha value is -2.36. The molecule has 0 N–H and O–H groups in total. The summed E-state index contributed by atoms with van der Waals surface area (Å²) < 4.78 is 10.9. The van der Waals surface area contributed by atoms with E-state index in [0.29, 0.717) is 23.7 Å². The molecular formula is C15H15NO3. The molecule has 2 aromatic rings. The minimum atomic E-state index is 0.299. The van der Waals surface area contributed by atoms with Crippen LogP contribution in [0.3, 0.4) is 0 Å². The van der Waals surface area contributed by atoms with Crippen LogP contribution in [-0.2, 0) is 6.61 Å². The third-order valence-corrected chi connectivity index (χ3v) is 2.83. The second kappa shape index (κ2) is 6.00. The Balaban J connectivity index is 2.24. The van der Waals surface area contributed by atoms with Gasteiger partial charge in [0.15, 0.2) is 17.8 Å². The lowest BCUT2D eigenvalue weighted by Gasteiger charge is -2.12. The van der Waals surface area contributed by atoms with Gasteiger partial charge in [0.25, 0.3) is 0 Å². The predicted molar refractivity (Wildman–Crippen MR) is 71.7 cm³/mol. The first kappa shape index (κ1) is 13.1. The molecule has 4 nitrogen and oxygen atoms in total. The Morgan fingerprint density at radius 1 is 1.26 bits per heavy atom. The summed E-state index contributed by atoms with van der Waals surface area (Å²) in [7, 11) is 1.54. The van der Waals surface area contributed by atoms with Gasteiger partial charge in [-0.25, -0.2) is 0 Å². The van der Waals surface area contributed by atoms with E-state index in [1.165, 1.54) is 0 Å². The molecule has 0 bridgehead atoms. The Labute approximate surface area is 112 Å². The van der Waals surface area contributed by atoms with Crippen LogP contribution < -0.4 is 9.47 Å².